The van der Waals surface area contributed by atoms with Gasteiger partial charge in [0.25, 0.3) is 0 Å². The fourth-order valence-electron chi connectivity index (χ4n) is 2.44. The van der Waals surface area contributed by atoms with Gasteiger partial charge < -0.3 is 14.9 Å². The lowest BCUT2D eigenvalue weighted by molar-refractivity contribution is -0.0956. The van der Waals surface area contributed by atoms with E-state index in [1.165, 1.54) is 0 Å². The Kier molecular flexibility index (Phi) is 2.10. The van der Waals surface area contributed by atoms with Gasteiger partial charge in [0.15, 0.2) is 0 Å². The lowest BCUT2D eigenvalue weighted by Gasteiger charge is -2.37. The molecule has 70 valence electrons. The molecule has 0 aromatic rings. The van der Waals surface area contributed by atoms with Crippen LogP contribution in [0.5, 0.6) is 0 Å². The fraction of sp³-hybridized carbons (Fsp3) is 1.00. The van der Waals surface area contributed by atoms with Crippen molar-refractivity contribution in [1.29, 1.82) is 0 Å². The summed E-state index contributed by atoms with van der Waals surface area (Å²) in [6, 6.07) is 0. The Morgan fingerprint density at radius 1 is 1.08 bits per heavy atom. The number of aliphatic hydroxyl groups is 2. The second-order valence-corrected chi connectivity index (χ2v) is 4.18. The van der Waals surface area contributed by atoms with Crippen molar-refractivity contribution in [2.24, 2.45) is 5.41 Å². The van der Waals surface area contributed by atoms with Crippen molar-refractivity contribution in [3.05, 3.63) is 0 Å². The SMILES string of the molecule is OCC1(CO)CC2CCC(C1)O2. The summed E-state index contributed by atoms with van der Waals surface area (Å²) in [6.07, 6.45) is 4.46. The topological polar surface area (TPSA) is 49.7 Å². The van der Waals surface area contributed by atoms with Gasteiger partial charge in [-0.1, -0.05) is 0 Å². The van der Waals surface area contributed by atoms with Gasteiger partial charge in [-0.15, -0.1) is 0 Å². The molecule has 0 spiro atoms. The first kappa shape index (κ1) is 8.48. The highest BCUT2D eigenvalue weighted by molar-refractivity contribution is 4.93. The van der Waals surface area contributed by atoms with Crippen LogP contribution < -0.4 is 0 Å². The minimum Gasteiger partial charge on any atom is -0.396 e. The van der Waals surface area contributed by atoms with Gasteiger partial charge in [-0.2, -0.15) is 0 Å². The van der Waals surface area contributed by atoms with E-state index in [1.54, 1.807) is 0 Å². The van der Waals surface area contributed by atoms with Crippen LogP contribution in [0.3, 0.4) is 0 Å². The molecule has 12 heavy (non-hydrogen) atoms. The fourth-order valence-corrected chi connectivity index (χ4v) is 2.44. The zero-order valence-electron chi connectivity index (χ0n) is 7.20. The summed E-state index contributed by atoms with van der Waals surface area (Å²) in [6.45, 7) is 0.194. The van der Waals surface area contributed by atoms with Gasteiger partial charge in [0, 0.05) is 5.41 Å². The lowest BCUT2D eigenvalue weighted by Crippen LogP contribution is -2.40. The summed E-state index contributed by atoms with van der Waals surface area (Å²) in [5, 5.41) is 18.4. The number of hydrogen-bond acceptors (Lipinski definition) is 3. The molecule has 2 rings (SSSR count). The van der Waals surface area contributed by atoms with E-state index in [4.69, 9.17) is 4.74 Å². The van der Waals surface area contributed by atoms with Crippen LogP contribution in [-0.2, 0) is 4.74 Å². The Bertz CT molecular complexity index is 151. The normalized spacial score (nSPS) is 38.5. The summed E-state index contributed by atoms with van der Waals surface area (Å²) in [5.74, 6) is 0. The maximum Gasteiger partial charge on any atom is 0.0586 e. The summed E-state index contributed by atoms with van der Waals surface area (Å²) >= 11 is 0. The van der Waals surface area contributed by atoms with Crippen LogP contribution in [0.1, 0.15) is 25.7 Å². The molecule has 2 heterocycles. The Morgan fingerprint density at radius 2 is 1.58 bits per heavy atom. The van der Waals surface area contributed by atoms with Gasteiger partial charge >= 0.3 is 0 Å². The van der Waals surface area contributed by atoms with Crippen LogP contribution in [0.15, 0.2) is 0 Å². The number of hydrogen-bond donors (Lipinski definition) is 2. The van der Waals surface area contributed by atoms with E-state index in [-0.39, 0.29) is 18.6 Å². The zero-order chi connectivity index (χ0) is 8.60. The standard InChI is InChI=1S/C9H16O3/c10-5-9(6-11)3-7-1-2-8(4-9)12-7/h7-8,10-11H,1-6H2. The largest absolute Gasteiger partial charge is 0.396 e. The average Bonchev–Trinajstić information content (AvgIpc) is 2.46. The van der Waals surface area contributed by atoms with E-state index in [1.807, 2.05) is 0 Å². The molecular formula is C9H16O3. The maximum atomic E-state index is 9.19. The maximum absolute atomic E-state index is 9.19. The molecule has 3 heteroatoms. The zero-order valence-corrected chi connectivity index (χ0v) is 7.20. The molecule has 0 radical (unpaired) electrons. The van der Waals surface area contributed by atoms with E-state index in [2.05, 4.69) is 0 Å². The molecular weight excluding hydrogens is 156 g/mol. The molecule has 2 N–H and O–H groups in total. The molecule has 2 aliphatic rings. The van der Waals surface area contributed by atoms with Gasteiger partial charge in [0.1, 0.15) is 0 Å². The Hall–Kier alpha value is -0.120. The van der Waals surface area contributed by atoms with Crippen molar-refractivity contribution >= 4 is 0 Å². The van der Waals surface area contributed by atoms with Crippen molar-refractivity contribution in [2.45, 2.75) is 37.9 Å². The molecule has 2 aliphatic heterocycles. The van der Waals surface area contributed by atoms with E-state index < -0.39 is 0 Å². The lowest BCUT2D eigenvalue weighted by atomic mass is 9.79. The highest BCUT2D eigenvalue weighted by Crippen LogP contribution is 2.43. The Balaban J connectivity index is 2.08. The van der Waals surface area contributed by atoms with Crippen LogP contribution in [0, 0.1) is 5.41 Å². The first-order valence-electron chi connectivity index (χ1n) is 4.65. The number of ether oxygens (including phenoxy) is 1. The molecule has 2 fully saturated rings. The van der Waals surface area contributed by atoms with Crippen LogP contribution in [0.25, 0.3) is 0 Å². The molecule has 0 aromatic heterocycles. The first-order valence-corrected chi connectivity index (χ1v) is 4.65. The average molecular weight is 172 g/mol. The predicted octanol–water partition coefficient (Wildman–Crippen LogP) is 0.299. The number of fused-ring (bicyclic) bond motifs is 2. The second kappa shape index (κ2) is 2.98. The molecule has 2 saturated heterocycles. The highest BCUT2D eigenvalue weighted by Gasteiger charge is 2.43. The monoisotopic (exact) mass is 172 g/mol. The highest BCUT2D eigenvalue weighted by atomic mass is 16.5. The molecule has 0 aliphatic carbocycles. The van der Waals surface area contributed by atoms with E-state index in [9.17, 15) is 10.2 Å². The van der Waals surface area contributed by atoms with Gasteiger partial charge in [-0.05, 0) is 25.7 Å². The van der Waals surface area contributed by atoms with Gasteiger partial charge in [0.05, 0.1) is 25.4 Å². The van der Waals surface area contributed by atoms with E-state index in [0.717, 1.165) is 25.7 Å². The third-order valence-electron chi connectivity index (χ3n) is 3.19. The van der Waals surface area contributed by atoms with Gasteiger partial charge in [0.2, 0.25) is 0 Å². The number of rotatable bonds is 2. The molecule has 2 unspecified atom stereocenters. The molecule has 2 bridgehead atoms. The van der Waals surface area contributed by atoms with Crippen LogP contribution >= 0.6 is 0 Å². The van der Waals surface area contributed by atoms with Crippen molar-refractivity contribution in [3.8, 4) is 0 Å². The van der Waals surface area contributed by atoms with Crippen molar-refractivity contribution in [1.82, 2.24) is 0 Å². The number of aliphatic hydroxyl groups excluding tert-OH is 2. The van der Waals surface area contributed by atoms with Crippen molar-refractivity contribution in [3.63, 3.8) is 0 Å². The third kappa shape index (κ3) is 1.26. The molecule has 0 saturated carbocycles. The van der Waals surface area contributed by atoms with E-state index in [0.29, 0.717) is 12.2 Å². The summed E-state index contributed by atoms with van der Waals surface area (Å²) in [5.41, 5.74) is -0.246. The minimum absolute atomic E-state index is 0.0971. The first-order chi connectivity index (χ1) is 5.78. The van der Waals surface area contributed by atoms with Crippen LogP contribution in [0.2, 0.25) is 0 Å². The second-order valence-electron chi connectivity index (χ2n) is 4.18. The smallest absolute Gasteiger partial charge is 0.0586 e. The molecule has 2 atom stereocenters. The molecule has 0 amide bonds. The van der Waals surface area contributed by atoms with E-state index >= 15 is 0 Å². The predicted molar refractivity (Wildman–Crippen MR) is 43.7 cm³/mol. The third-order valence-corrected chi connectivity index (χ3v) is 3.19. The quantitative estimate of drug-likeness (QED) is 0.629. The summed E-state index contributed by atoms with van der Waals surface area (Å²) < 4.78 is 5.63. The Morgan fingerprint density at radius 3 is 2.00 bits per heavy atom. The van der Waals surface area contributed by atoms with Crippen molar-refractivity contribution < 1.29 is 14.9 Å². The van der Waals surface area contributed by atoms with Gasteiger partial charge in [-0.3, -0.25) is 0 Å². The van der Waals surface area contributed by atoms with Gasteiger partial charge in [-0.25, -0.2) is 0 Å². The molecule has 0 aromatic carbocycles. The summed E-state index contributed by atoms with van der Waals surface area (Å²) in [4.78, 5) is 0. The van der Waals surface area contributed by atoms with Crippen LogP contribution in [-0.4, -0.2) is 35.6 Å². The summed E-state index contributed by atoms with van der Waals surface area (Å²) in [7, 11) is 0. The Labute approximate surface area is 72.3 Å². The van der Waals surface area contributed by atoms with Crippen LogP contribution in [0.4, 0.5) is 0 Å². The minimum atomic E-state index is -0.246. The molecule has 3 nitrogen and oxygen atoms in total. The van der Waals surface area contributed by atoms with Crippen molar-refractivity contribution in [2.75, 3.05) is 13.2 Å².